The Balaban J connectivity index is 2.44. The van der Waals surface area contributed by atoms with Crippen LogP contribution in [0.1, 0.15) is 10.4 Å². The number of hydrogen-bond donors (Lipinski definition) is 2. The van der Waals surface area contributed by atoms with Gasteiger partial charge in [0.2, 0.25) is 5.91 Å². The van der Waals surface area contributed by atoms with Crippen molar-refractivity contribution < 1.29 is 14.7 Å². The van der Waals surface area contributed by atoms with Crippen molar-refractivity contribution in [3.8, 4) is 0 Å². The van der Waals surface area contributed by atoms with Crippen LogP contribution < -0.4 is 5.32 Å². The molecule has 0 atom stereocenters. The first-order chi connectivity index (χ1) is 8.13. The smallest absolute Gasteiger partial charge is 0.257 e. The predicted octanol–water partition coefficient (Wildman–Crippen LogP) is -0.133. The van der Waals surface area contributed by atoms with Gasteiger partial charge in [-0.1, -0.05) is 18.2 Å². The second kappa shape index (κ2) is 6.78. The molecule has 2 amide bonds. The van der Waals surface area contributed by atoms with Gasteiger partial charge in [-0.2, -0.15) is 0 Å². The SMILES string of the molecule is CN(CCO)CC(=O)NC(=O)c1ccccc1. The van der Waals surface area contributed by atoms with Gasteiger partial charge in [-0.25, -0.2) is 0 Å². The lowest BCUT2D eigenvalue weighted by Gasteiger charge is -2.13. The van der Waals surface area contributed by atoms with Gasteiger partial charge in [0.1, 0.15) is 0 Å². The molecule has 0 radical (unpaired) electrons. The van der Waals surface area contributed by atoms with Crippen LogP contribution in [0.15, 0.2) is 30.3 Å². The first kappa shape index (κ1) is 13.3. The zero-order chi connectivity index (χ0) is 12.7. The molecule has 0 aliphatic heterocycles. The van der Waals surface area contributed by atoms with Gasteiger partial charge in [-0.15, -0.1) is 0 Å². The number of likely N-dealkylation sites (N-methyl/N-ethyl adjacent to an activating group) is 1. The number of benzene rings is 1. The Hall–Kier alpha value is -1.72. The molecule has 0 heterocycles. The van der Waals surface area contributed by atoms with E-state index in [2.05, 4.69) is 5.32 Å². The summed E-state index contributed by atoms with van der Waals surface area (Å²) in [6.45, 7) is 0.461. The van der Waals surface area contributed by atoms with E-state index < -0.39 is 5.91 Å². The fraction of sp³-hybridized carbons (Fsp3) is 0.333. The highest BCUT2D eigenvalue weighted by Gasteiger charge is 2.11. The third kappa shape index (κ3) is 4.76. The molecule has 1 aromatic rings. The molecule has 0 aliphatic carbocycles. The normalized spacial score (nSPS) is 10.3. The second-order valence-electron chi connectivity index (χ2n) is 3.70. The van der Waals surface area contributed by atoms with Gasteiger partial charge in [0, 0.05) is 12.1 Å². The first-order valence-electron chi connectivity index (χ1n) is 5.32. The van der Waals surface area contributed by atoms with Crippen LogP contribution >= 0.6 is 0 Å². The molecule has 17 heavy (non-hydrogen) atoms. The standard InChI is InChI=1S/C12H16N2O3/c1-14(7-8-15)9-11(16)13-12(17)10-5-3-2-4-6-10/h2-6,15H,7-9H2,1H3,(H,13,16,17). The van der Waals surface area contributed by atoms with Crippen molar-refractivity contribution >= 4 is 11.8 Å². The van der Waals surface area contributed by atoms with Gasteiger partial charge in [0.25, 0.3) is 5.91 Å². The van der Waals surface area contributed by atoms with E-state index in [0.717, 1.165) is 0 Å². The van der Waals surface area contributed by atoms with E-state index in [1.807, 2.05) is 0 Å². The molecular weight excluding hydrogens is 220 g/mol. The number of aliphatic hydroxyl groups excluding tert-OH is 1. The summed E-state index contributed by atoms with van der Waals surface area (Å²) < 4.78 is 0. The summed E-state index contributed by atoms with van der Waals surface area (Å²) in [6, 6.07) is 8.54. The van der Waals surface area contributed by atoms with Crippen LogP contribution in [0.5, 0.6) is 0 Å². The summed E-state index contributed by atoms with van der Waals surface area (Å²) in [4.78, 5) is 24.7. The second-order valence-corrected chi connectivity index (χ2v) is 3.70. The molecule has 0 aromatic heterocycles. The van der Waals surface area contributed by atoms with Gasteiger partial charge in [0.05, 0.1) is 13.2 Å². The largest absolute Gasteiger partial charge is 0.395 e. The Kier molecular flexibility index (Phi) is 5.32. The van der Waals surface area contributed by atoms with Crippen molar-refractivity contribution in [3.05, 3.63) is 35.9 Å². The molecule has 0 unspecified atom stereocenters. The van der Waals surface area contributed by atoms with Crippen LogP contribution in [0.25, 0.3) is 0 Å². The Morgan fingerprint density at radius 2 is 1.94 bits per heavy atom. The minimum Gasteiger partial charge on any atom is -0.395 e. The summed E-state index contributed by atoms with van der Waals surface area (Å²) in [5.74, 6) is -0.789. The summed E-state index contributed by atoms with van der Waals surface area (Å²) in [7, 11) is 1.70. The van der Waals surface area contributed by atoms with Crippen LogP contribution in [0.3, 0.4) is 0 Å². The maximum atomic E-state index is 11.6. The van der Waals surface area contributed by atoms with E-state index >= 15 is 0 Å². The van der Waals surface area contributed by atoms with Crippen LogP contribution in [-0.4, -0.2) is 48.6 Å². The van der Waals surface area contributed by atoms with E-state index in [-0.39, 0.29) is 19.1 Å². The zero-order valence-corrected chi connectivity index (χ0v) is 9.72. The fourth-order valence-electron chi connectivity index (χ4n) is 1.32. The number of nitrogens with one attached hydrogen (secondary N) is 1. The first-order valence-corrected chi connectivity index (χ1v) is 5.32. The van der Waals surface area contributed by atoms with Gasteiger partial charge < -0.3 is 5.11 Å². The number of aliphatic hydroxyl groups is 1. The van der Waals surface area contributed by atoms with E-state index in [4.69, 9.17) is 5.11 Å². The third-order valence-electron chi connectivity index (χ3n) is 2.18. The molecule has 0 aliphatic rings. The van der Waals surface area contributed by atoms with Crippen LogP contribution in [0.4, 0.5) is 0 Å². The van der Waals surface area contributed by atoms with Crippen molar-refractivity contribution in [1.82, 2.24) is 10.2 Å². The number of carbonyl (C=O) groups is 2. The maximum absolute atomic E-state index is 11.6. The molecule has 1 aromatic carbocycles. The van der Waals surface area contributed by atoms with Gasteiger partial charge >= 0.3 is 0 Å². The zero-order valence-electron chi connectivity index (χ0n) is 9.72. The number of imide groups is 1. The van der Waals surface area contributed by atoms with Crippen molar-refractivity contribution in [2.45, 2.75) is 0 Å². The minimum atomic E-state index is -0.409. The Bertz CT molecular complexity index is 379. The number of rotatable bonds is 5. The highest BCUT2D eigenvalue weighted by Crippen LogP contribution is 1.97. The Labute approximate surface area is 100 Å². The van der Waals surface area contributed by atoms with Crippen molar-refractivity contribution in [2.75, 3.05) is 26.7 Å². The van der Waals surface area contributed by atoms with Crippen molar-refractivity contribution in [2.24, 2.45) is 0 Å². The number of hydrogen-bond acceptors (Lipinski definition) is 4. The predicted molar refractivity (Wildman–Crippen MR) is 63.5 cm³/mol. The molecule has 0 bridgehead atoms. The van der Waals surface area contributed by atoms with Crippen LogP contribution in [0.2, 0.25) is 0 Å². The number of amides is 2. The lowest BCUT2D eigenvalue weighted by molar-refractivity contribution is -0.121. The highest BCUT2D eigenvalue weighted by molar-refractivity contribution is 6.05. The Morgan fingerprint density at radius 3 is 2.53 bits per heavy atom. The maximum Gasteiger partial charge on any atom is 0.257 e. The average molecular weight is 236 g/mol. The summed E-state index contributed by atoms with van der Waals surface area (Å²) in [5, 5.41) is 11.0. The molecule has 0 fully saturated rings. The summed E-state index contributed by atoms with van der Waals surface area (Å²) >= 11 is 0. The molecule has 0 saturated carbocycles. The molecule has 0 spiro atoms. The van der Waals surface area contributed by atoms with E-state index in [1.165, 1.54) is 0 Å². The number of nitrogens with zero attached hydrogens (tertiary/aromatic N) is 1. The quantitative estimate of drug-likeness (QED) is 0.747. The van der Waals surface area contributed by atoms with E-state index in [1.54, 1.807) is 42.3 Å². The third-order valence-corrected chi connectivity index (χ3v) is 2.18. The summed E-state index contributed by atoms with van der Waals surface area (Å²) in [5.41, 5.74) is 0.450. The average Bonchev–Trinajstić information content (AvgIpc) is 2.30. The van der Waals surface area contributed by atoms with Gasteiger partial charge in [-0.3, -0.25) is 19.8 Å². The lowest BCUT2D eigenvalue weighted by Crippen LogP contribution is -2.39. The molecule has 0 saturated heterocycles. The van der Waals surface area contributed by atoms with Gasteiger partial charge in [0.15, 0.2) is 0 Å². The molecule has 1 rings (SSSR count). The van der Waals surface area contributed by atoms with Gasteiger partial charge in [-0.05, 0) is 19.2 Å². The monoisotopic (exact) mass is 236 g/mol. The van der Waals surface area contributed by atoms with Crippen molar-refractivity contribution in [3.63, 3.8) is 0 Å². The molecule has 2 N–H and O–H groups in total. The van der Waals surface area contributed by atoms with E-state index in [0.29, 0.717) is 12.1 Å². The van der Waals surface area contributed by atoms with E-state index in [9.17, 15) is 9.59 Å². The topological polar surface area (TPSA) is 69.6 Å². The molecular formula is C12H16N2O3. The lowest BCUT2D eigenvalue weighted by atomic mass is 10.2. The van der Waals surface area contributed by atoms with Crippen LogP contribution in [-0.2, 0) is 4.79 Å². The fourth-order valence-corrected chi connectivity index (χ4v) is 1.32. The molecule has 5 nitrogen and oxygen atoms in total. The number of carbonyl (C=O) groups excluding carboxylic acids is 2. The van der Waals surface area contributed by atoms with Crippen molar-refractivity contribution in [1.29, 1.82) is 0 Å². The van der Waals surface area contributed by atoms with Crippen LogP contribution in [0, 0.1) is 0 Å². The molecule has 92 valence electrons. The minimum absolute atomic E-state index is 0.0174. The highest BCUT2D eigenvalue weighted by atomic mass is 16.3. The Morgan fingerprint density at radius 1 is 1.29 bits per heavy atom. The molecule has 5 heteroatoms. The summed E-state index contributed by atoms with van der Waals surface area (Å²) in [6.07, 6.45) is 0.